The van der Waals surface area contributed by atoms with Crippen LogP contribution in [0.5, 0.6) is 5.75 Å². The van der Waals surface area contributed by atoms with E-state index in [1.54, 1.807) is 0 Å². The maximum Gasteiger partial charge on any atom is 0.346 e. The standard InChI is InChI=1S/C10H10BrNO5/c1-6(10(13)16-2)17-9-4-7(11)3-8(5-9)12(14)15/h3-6H,1-2H3. The molecule has 92 valence electrons. The molecule has 0 radical (unpaired) electrons. The van der Waals surface area contributed by atoms with E-state index in [9.17, 15) is 14.9 Å². The van der Waals surface area contributed by atoms with E-state index < -0.39 is 17.0 Å². The predicted octanol–water partition coefficient (Wildman–Crippen LogP) is 2.30. The van der Waals surface area contributed by atoms with Crippen LogP contribution in [-0.2, 0) is 9.53 Å². The molecule has 0 heterocycles. The highest BCUT2D eigenvalue weighted by Gasteiger charge is 2.17. The second-order valence-electron chi connectivity index (χ2n) is 3.19. The van der Waals surface area contributed by atoms with E-state index in [0.29, 0.717) is 4.47 Å². The molecule has 0 aliphatic carbocycles. The molecule has 1 aromatic carbocycles. The van der Waals surface area contributed by atoms with Crippen molar-refractivity contribution in [2.45, 2.75) is 13.0 Å². The third-order valence-corrected chi connectivity index (χ3v) is 2.37. The zero-order valence-corrected chi connectivity index (χ0v) is 10.8. The summed E-state index contributed by atoms with van der Waals surface area (Å²) in [6, 6.07) is 4.12. The Morgan fingerprint density at radius 3 is 2.65 bits per heavy atom. The van der Waals surface area contributed by atoms with E-state index in [-0.39, 0.29) is 11.4 Å². The number of halogens is 1. The topological polar surface area (TPSA) is 78.7 Å². The summed E-state index contributed by atoms with van der Waals surface area (Å²) >= 11 is 3.12. The Hall–Kier alpha value is -1.63. The van der Waals surface area contributed by atoms with Crippen LogP contribution in [0.15, 0.2) is 22.7 Å². The average Bonchev–Trinajstić information content (AvgIpc) is 2.26. The van der Waals surface area contributed by atoms with Crippen molar-refractivity contribution < 1.29 is 19.2 Å². The second kappa shape index (κ2) is 5.62. The lowest BCUT2D eigenvalue weighted by Crippen LogP contribution is -2.24. The third-order valence-electron chi connectivity index (χ3n) is 1.91. The molecule has 1 atom stereocenters. The fourth-order valence-electron chi connectivity index (χ4n) is 1.14. The van der Waals surface area contributed by atoms with Crippen molar-refractivity contribution in [3.8, 4) is 5.75 Å². The summed E-state index contributed by atoms with van der Waals surface area (Å²) in [5.74, 6) is -0.323. The van der Waals surface area contributed by atoms with Gasteiger partial charge in [0.25, 0.3) is 5.69 Å². The molecule has 1 unspecified atom stereocenters. The van der Waals surface area contributed by atoms with Gasteiger partial charge in [0.05, 0.1) is 18.1 Å². The molecule has 0 aliphatic heterocycles. The van der Waals surface area contributed by atoms with Crippen LogP contribution in [0.4, 0.5) is 5.69 Å². The van der Waals surface area contributed by atoms with Crippen molar-refractivity contribution in [2.24, 2.45) is 0 Å². The Kier molecular flexibility index (Phi) is 4.45. The summed E-state index contributed by atoms with van der Waals surface area (Å²) in [5.41, 5.74) is -0.119. The van der Waals surface area contributed by atoms with E-state index in [2.05, 4.69) is 20.7 Å². The summed E-state index contributed by atoms with van der Waals surface area (Å²) in [7, 11) is 1.24. The predicted molar refractivity (Wildman–Crippen MR) is 62.9 cm³/mol. The summed E-state index contributed by atoms with van der Waals surface area (Å²) in [4.78, 5) is 21.2. The molecule has 1 aromatic rings. The van der Waals surface area contributed by atoms with Gasteiger partial charge in [-0.1, -0.05) is 15.9 Å². The summed E-state index contributed by atoms with van der Waals surface area (Å²) in [6.07, 6.45) is -0.825. The van der Waals surface area contributed by atoms with Gasteiger partial charge in [-0.05, 0) is 13.0 Å². The van der Waals surface area contributed by atoms with Crippen molar-refractivity contribution in [2.75, 3.05) is 7.11 Å². The molecule has 0 aliphatic rings. The van der Waals surface area contributed by atoms with Crippen LogP contribution in [0, 0.1) is 10.1 Å². The van der Waals surface area contributed by atoms with Gasteiger partial charge in [0, 0.05) is 10.5 Å². The van der Waals surface area contributed by atoms with Crippen LogP contribution in [0.25, 0.3) is 0 Å². The van der Waals surface area contributed by atoms with Gasteiger partial charge < -0.3 is 9.47 Å². The van der Waals surface area contributed by atoms with E-state index in [1.165, 1.54) is 32.2 Å². The van der Waals surface area contributed by atoms with Crippen molar-refractivity contribution in [3.63, 3.8) is 0 Å². The minimum atomic E-state index is -0.825. The number of nitrogens with zero attached hydrogens (tertiary/aromatic N) is 1. The van der Waals surface area contributed by atoms with Gasteiger partial charge in [0.15, 0.2) is 6.10 Å². The van der Waals surface area contributed by atoms with Gasteiger partial charge in [-0.3, -0.25) is 10.1 Å². The number of benzene rings is 1. The fraction of sp³-hybridized carbons (Fsp3) is 0.300. The number of hydrogen-bond donors (Lipinski definition) is 0. The Morgan fingerprint density at radius 2 is 2.12 bits per heavy atom. The molecule has 6 nitrogen and oxygen atoms in total. The zero-order valence-electron chi connectivity index (χ0n) is 9.18. The van der Waals surface area contributed by atoms with Crippen LogP contribution in [0.3, 0.4) is 0 Å². The van der Waals surface area contributed by atoms with Crippen molar-refractivity contribution in [1.82, 2.24) is 0 Å². The summed E-state index contributed by atoms with van der Waals surface area (Å²) in [6.45, 7) is 1.50. The van der Waals surface area contributed by atoms with E-state index in [4.69, 9.17) is 4.74 Å². The largest absolute Gasteiger partial charge is 0.479 e. The smallest absolute Gasteiger partial charge is 0.346 e. The molecular weight excluding hydrogens is 294 g/mol. The molecule has 0 fully saturated rings. The lowest BCUT2D eigenvalue weighted by molar-refractivity contribution is -0.385. The first kappa shape index (κ1) is 13.4. The maximum atomic E-state index is 11.1. The number of methoxy groups -OCH3 is 1. The molecule has 0 saturated heterocycles. The first-order chi connectivity index (χ1) is 7.93. The number of ether oxygens (including phenoxy) is 2. The van der Waals surface area contributed by atoms with Crippen LogP contribution in [-0.4, -0.2) is 24.1 Å². The lowest BCUT2D eigenvalue weighted by atomic mass is 10.3. The molecular formula is C10H10BrNO5. The van der Waals surface area contributed by atoms with Gasteiger partial charge in [0.2, 0.25) is 0 Å². The van der Waals surface area contributed by atoms with Gasteiger partial charge in [-0.2, -0.15) is 0 Å². The highest BCUT2D eigenvalue weighted by molar-refractivity contribution is 9.10. The van der Waals surface area contributed by atoms with Crippen molar-refractivity contribution in [1.29, 1.82) is 0 Å². The quantitative estimate of drug-likeness (QED) is 0.484. The number of non-ortho nitro benzene ring substituents is 1. The van der Waals surface area contributed by atoms with Gasteiger partial charge in [-0.25, -0.2) is 4.79 Å². The molecule has 0 aromatic heterocycles. The highest BCUT2D eigenvalue weighted by Crippen LogP contribution is 2.26. The first-order valence-electron chi connectivity index (χ1n) is 4.63. The fourth-order valence-corrected chi connectivity index (χ4v) is 1.60. The number of carbonyl (C=O) groups is 1. The zero-order chi connectivity index (χ0) is 13.0. The molecule has 1 rings (SSSR count). The van der Waals surface area contributed by atoms with Crippen molar-refractivity contribution in [3.05, 3.63) is 32.8 Å². The van der Waals surface area contributed by atoms with Crippen LogP contribution >= 0.6 is 15.9 Å². The average molecular weight is 304 g/mol. The molecule has 17 heavy (non-hydrogen) atoms. The summed E-state index contributed by atoms with van der Waals surface area (Å²) in [5, 5.41) is 10.6. The molecule has 7 heteroatoms. The normalized spacial score (nSPS) is 11.7. The van der Waals surface area contributed by atoms with Gasteiger partial charge in [-0.15, -0.1) is 0 Å². The molecule has 0 spiro atoms. The number of nitro groups is 1. The van der Waals surface area contributed by atoms with Crippen molar-refractivity contribution >= 4 is 27.6 Å². The number of carbonyl (C=O) groups excluding carboxylic acids is 1. The van der Waals surface area contributed by atoms with E-state index >= 15 is 0 Å². The molecule has 0 N–H and O–H groups in total. The van der Waals surface area contributed by atoms with Crippen LogP contribution < -0.4 is 4.74 Å². The Morgan fingerprint density at radius 1 is 1.47 bits per heavy atom. The minimum absolute atomic E-state index is 0.119. The minimum Gasteiger partial charge on any atom is -0.479 e. The SMILES string of the molecule is COC(=O)C(C)Oc1cc(Br)cc([N+](=O)[O-])c1. The Labute approximate surface area is 106 Å². The van der Waals surface area contributed by atoms with E-state index in [0.717, 1.165) is 0 Å². The molecule has 0 saturated carbocycles. The monoisotopic (exact) mass is 303 g/mol. The Bertz CT molecular complexity index is 448. The molecule has 0 bridgehead atoms. The maximum absolute atomic E-state index is 11.1. The highest BCUT2D eigenvalue weighted by atomic mass is 79.9. The van der Waals surface area contributed by atoms with Gasteiger partial charge in [0.1, 0.15) is 5.75 Å². The molecule has 0 amide bonds. The second-order valence-corrected chi connectivity index (χ2v) is 4.10. The number of esters is 1. The van der Waals surface area contributed by atoms with Crippen LogP contribution in [0.1, 0.15) is 6.92 Å². The Balaban J connectivity index is 2.91. The number of hydrogen-bond acceptors (Lipinski definition) is 5. The van der Waals surface area contributed by atoms with Crippen LogP contribution in [0.2, 0.25) is 0 Å². The number of nitro benzene ring substituents is 1. The number of rotatable bonds is 4. The van der Waals surface area contributed by atoms with Gasteiger partial charge >= 0.3 is 5.97 Å². The third kappa shape index (κ3) is 3.70. The summed E-state index contributed by atoms with van der Waals surface area (Å²) < 4.78 is 10.2. The first-order valence-corrected chi connectivity index (χ1v) is 5.43. The lowest BCUT2D eigenvalue weighted by Gasteiger charge is -2.12. The van der Waals surface area contributed by atoms with E-state index in [1.807, 2.05) is 0 Å².